The minimum atomic E-state index is 0.284. The van der Waals surface area contributed by atoms with Gasteiger partial charge in [0.05, 0.1) is 0 Å². The molecule has 1 unspecified atom stereocenters. The number of hydrogen-bond acceptors (Lipinski definition) is 4. The van der Waals surface area contributed by atoms with E-state index < -0.39 is 0 Å². The van der Waals surface area contributed by atoms with Crippen LogP contribution < -0.4 is 4.90 Å². The molecule has 0 bridgehead atoms. The van der Waals surface area contributed by atoms with Gasteiger partial charge < -0.3 is 9.80 Å². The predicted molar refractivity (Wildman–Crippen MR) is 99.7 cm³/mol. The lowest BCUT2D eigenvalue weighted by molar-refractivity contribution is -0.133. The number of carbonyl (C=O) groups is 1. The average Bonchev–Trinajstić information content (AvgIpc) is 3.45. The fourth-order valence-corrected chi connectivity index (χ4v) is 3.88. The van der Waals surface area contributed by atoms with Crippen LogP contribution in [0.15, 0.2) is 18.2 Å². The molecule has 0 spiro atoms. The van der Waals surface area contributed by atoms with Gasteiger partial charge in [0.25, 0.3) is 0 Å². The Morgan fingerprint density at radius 3 is 2.76 bits per heavy atom. The molecular formula is C20H26N4O. The summed E-state index contributed by atoms with van der Waals surface area (Å²) in [7, 11) is 1.97. The topological polar surface area (TPSA) is 49.3 Å². The van der Waals surface area contributed by atoms with Gasteiger partial charge >= 0.3 is 0 Å². The lowest BCUT2D eigenvalue weighted by atomic mass is 10.0. The minimum Gasteiger partial charge on any atom is -0.354 e. The molecule has 5 nitrogen and oxygen atoms in total. The zero-order valence-corrected chi connectivity index (χ0v) is 15.3. The molecule has 1 atom stereocenters. The number of aryl methyl sites for hydroxylation is 2. The Morgan fingerprint density at radius 2 is 2.00 bits per heavy atom. The standard InChI is InChI=1S/C20H26N4O/c1-13-11-14(2)21-19-17(13)8-9-18(22-19)24-10-4-5-16(12-24)23(3)20(25)15-6-7-15/h8-9,11,15-16H,4-7,10,12H2,1-3H3. The van der Waals surface area contributed by atoms with Crippen LogP contribution in [0.1, 0.15) is 36.9 Å². The molecule has 1 saturated heterocycles. The van der Waals surface area contributed by atoms with Gasteiger partial charge in [0.2, 0.25) is 5.91 Å². The third kappa shape index (κ3) is 3.20. The molecule has 2 aromatic heterocycles. The summed E-state index contributed by atoms with van der Waals surface area (Å²) < 4.78 is 0. The van der Waals surface area contributed by atoms with Crippen molar-refractivity contribution in [1.82, 2.24) is 14.9 Å². The number of pyridine rings is 2. The highest BCUT2D eigenvalue weighted by Crippen LogP contribution is 2.32. The second-order valence-electron chi connectivity index (χ2n) is 7.59. The molecule has 1 amide bonds. The molecule has 2 fully saturated rings. The summed E-state index contributed by atoms with van der Waals surface area (Å²) in [6.07, 6.45) is 4.30. The van der Waals surface area contributed by atoms with Crippen molar-refractivity contribution in [2.45, 2.75) is 45.6 Å². The highest BCUT2D eigenvalue weighted by molar-refractivity contribution is 5.81. The zero-order valence-electron chi connectivity index (χ0n) is 15.3. The van der Waals surface area contributed by atoms with E-state index in [1.165, 1.54) is 5.56 Å². The number of piperidine rings is 1. The first-order chi connectivity index (χ1) is 12.0. The normalized spacial score (nSPS) is 20.8. The number of rotatable bonds is 3. The van der Waals surface area contributed by atoms with E-state index in [1.807, 2.05) is 18.9 Å². The molecule has 1 saturated carbocycles. The van der Waals surface area contributed by atoms with E-state index in [2.05, 4.69) is 35.0 Å². The van der Waals surface area contributed by atoms with Crippen molar-refractivity contribution in [2.24, 2.45) is 5.92 Å². The van der Waals surface area contributed by atoms with Gasteiger partial charge in [-0.1, -0.05) is 0 Å². The average molecular weight is 338 g/mol. The van der Waals surface area contributed by atoms with Crippen molar-refractivity contribution in [3.63, 3.8) is 0 Å². The minimum absolute atomic E-state index is 0.284. The van der Waals surface area contributed by atoms with Gasteiger partial charge in [-0.2, -0.15) is 0 Å². The second kappa shape index (κ2) is 6.28. The molecule has 0 N–H and O–H groups in total. The number of nitrogens with zero attached hydrogens (tertiary/aromatic N) is 4. The lowest BCUT2D eigenvalue weighted by Gasteiger charge is -2.38. The van der Waals surface area contributed by atoms with E-state index in [0.29, 0.717) is 5.91 Å². The van der Waals surface area contributed by atoms with E-state index in [-0.39, 0.29) is 12.0 Å². The van der Waals surface area contributed by atoms with Gasteiger partial charge in [-0.15, -0.1) is 0 Å². The maximum Gasteiger partial charge on any atom is 0.225 e. The summed E-state index contributed by atoms with van der Waals surface area (Å²) in [6, 6.07) is 6.60. The number of hydrogen-bond donors (Lipinski definition) is 0. The van der Waals surface area contributed by atoms with E-state index >= 15 is 0 Å². The molecule has 25 heavy (non-hydrogen) atoms. The highest BCUT2D eigenvalue weighted by atomic mass is 16.2. The summed E-state index contributed by atoms with van der Waals surface area (Å²) in [6.45, 7) is 5.97. The second-order valence-corrected chi connectivity index (χ2v) is 7.59. The molecule has 0 aromatic carbocycles. The maximum atomic E-state index is 12.4. The highest BCUT2D eigenvalue weighted by Gasteiger charge is 2.35. The van der Waals surface area contributed by atoms with Crippen molar-refractivity contribution in [2.75, 3.05) is 25.0 Å². The molecular weight excluding hydrogens is 312 g/mol. The first-order valence-electron chi connectivity index (χ1n) is 9.29. The van der Waals surface area contributed by atoms with Crippen molar-refractivity contribution >= 4 is 22.8 Å². The van der Waals surface area contributed by atoms with Crippen LogP contribution in [0.4, 0.5) is 5.82 Å². The van der Waals surface area contributed by atoms with Crippen LogP contribution in [0.5, 0.6) is 0 Å². The smallest absolute Gasteiger partial charge is 0.225 e. The van der Waals surface area contributed by atoms with Crippen LogP contribution in [0.2, 0.25) is 0 Å². The lowest BCUT2D eigenvalue weighted by Crippen LogP contribution is -2.49. The number of anilines is 1. The number of fused-ring (bicyclic) bond motifs is 1. The number of likely N-dealkylation sites (N-methyl/N-ethyl adjacent to an activating group) is 1. The van der Waals surface area contributed by atoms with Crippen LogP contribution >= 0.6 is 0 Å². The molecule has 3 heterocycles. The Morgan fingerprint density at radius 1 is 1.20 bits per heavy atom. The summed E-state index contributed by atoms with van der Waals surface area (Å²) in [5.41, 5.74) is 3.04. The molecule has 1 aliphatic carbocycles. The molecule has 2 aromatic rings. The van der Waals surface area contributed by atoms with Crippen LogP contribution in [-0.4, -0.2) is 47.0 Å². The van der Waals surface area contributed by atoms with Gasteiger partial charge in [0.1, 0.15) is 5.82 Å². The third-order valence-corrected chi connectivity index (χ3v) is 5.54. The summed E-state index contributed by atoms with van der Waals surface area (Å²) in [5, 5.41) is 1.11. The van der Waals surface area contributed by atoms with E-state index in [0.717, 1.165) is 61.3 Å². The van der Waals surface area contributed by atoms with E-state index in [9.17, 15) is 4.79 Å². The quantitative estimate of drug-likeness (QED) is 0.863. The first kappa shape index (κ1) is 16.3. The van der Waals surface area contributed by atoms with Crippen LogP contribution in [0.3, 0.4) is 0 Å². The molecule has 5 heteroatoms. The Kier molecular flexibility index (Phi) is 4.10. The van der Waals surface area contributed by atoms with Gasteiger partial charge in [-0.25, -0.2) is 9.97 Å². The van der Waals surface area contributed by atoms with Crippen molar-refractivity contribution in [3.8, 4) is 0 Å². The van der Waals surface area contributed by atoms with Crippen molar-refractivity contribution in [3.05, 3.63) is 29.5 Å². The Balaban J connectivity index is 1.56. The summed E-state index contributed by atoms with van der Waals surface area (Å²) in [4.78, 5) is 26.1. The Hall–Kier alpha value is -2.17. The number of aromatic nitrogens is 2. The predicted octanol–water partition coefficient (Wildman–Crippen LogP) is 3.08. The SMILES string of the molecule is Cc1cc(C)c2ccc(N3CCCC(N(C)C(=O)C4CC4)C3)nc2n1. The molecule has 132 valence electrons. The monoisotopic (exact) mass is 338 g/mol. The van der Waals surface area contributed by atoms with E-state index in [1.54, 1.807) is 0 Å². The van der Waals surface area contributed by atoms with Gasteiger partial charge in [0, 0.05) is 43.2 Å². The third-order valence-electron chi connectivity index (χ3n) is 5.54. The number of amides is 1. The summed E-state index contributed by atoms with van der Waals surface area (Å²) in [5.74, 6) is 1.59. The summed E-state index contributed by atoms with van der Waals surface area (Å²) >= 11 is 0. The Labute approximate surface area is 149 Å². The van der Waals surface area contributed by atoms with Gasteiger partial charge in [-0.3, -0.25) is 4.79 Å². The maximum absolute atomic E-state index is 12.4. The van der Waals surface area contributed by atoms with Crippen molar-refractivity contribution in [1.29, 1.82) is 0 Å². The zero-order chi connectivity index (χ0) is 17.6. The van der Waals surface area contributed by atoms with Crippen LogP contribution in [0.25, 0.3) is 11.0 Å². The van der Waals surface area contributed by atoms with Crippen LogP contribution in [-0.2, 0) is 4.79 Å². The fourth-order valence-electron chi connectivity index (χ4n) is 3.88. The van der Waals surface area contributed by atoms with Crippen molar-refractivity contribution < 1.29 is 4.79 Å². The van der Waals surface area contributed by atoms with E-state index in [4.69, 9.17) is 4.98 Å². The molecule has 4 rings (SSSR count). The fraction of sp³-hybridized carbons (Fsp3) is 0.550. The first-order valence-corrected chi connectivity index (χ1v) is 9.29. The molecule has 1 aliphatic heterocycles. The molecule has 2 aliphatic rings. The van der Waals surface area contributed by atoms with Gasteiger partial charge in [-0.05, 0) is 63.3 Å². The van der Waals surface area contributed by atoms with Gasteiger partial charge in [0.15, 0.2) is 5.65 Å². The Bertz CT molecular complexity index is 815. The molecule has 0 radical (unpaired) electrons. The number of carbonyl (C=O) groups excluding carboxylic acids is 1. The van der Waals surface area contributed by atoms with Crippen LogP contribution in [0, 0.1) is 19.8 Å². The largest absolute Gasteiger partial charge is 0.354 e.